The van der Waals surface area contributed by atoms with Crippen LogP contribution in [-0.2, 0) is 44.8 Å². The van der Waals surface area contributed by atoms with Crippen LogP contribution < -0.4 is 43.0 Å². The summed E-state index contributed by atoms with van der Waals surface area (Å²) in [6, 6.07) is 3.80. The van der Waals surface area contributed by atoms with Crippen molar-refractivity contribution in [2.45, 2.75) is 64.1 Å². The molecule has 1 heterocycles. The number of nitrogens with one attached hydrogen (secondary N) is 7. The summed E-state index contributed by atoms with van der Waals surface area (Å²) < 4.78 is 0. The highest BCUT2D eigenvalue weighted by Gasteiger charge is 2.33. The normalized spacial score (nSPS) is 20.1. The predicted molar refractivity (Wildman–Crippen MR) is 169 cm³/mol. The van der Waals surface area contributed by atoms with Gasteiger partial charge in [-0.25, -0.2) is 4.79 Å². The predicted octanol–water partition coefficient (Wildman–Crippen LogP) is -3.33. The van der Waals surface area contributed by atoms with Crippen LogP contribution in [0.2, 0.25) is 0 Å². The van der Waals surface area contributed by atoms with E-state index in [4.69, 9.17) is 5.73 Å². The van der Waals surface area contributed by atoms with Gasteiger partial charge >= 0.3 is 6.03 Å². The zero-order valence-corrected chi connectivity index (χ0v) is 26.9. The molecule has 0 spiro atoms. The van der Waals surface area contributed by atoms with Gasteiger partial charge in [-0.15, -0.1) is 0 Å². The largest absolute Gasteiger partial charge is 0.368 e. The van der Waals surface area contributed by atoms with Crippen LogP contribution in [0.3, 0.4) is 0 Å². The van der Waals surface area contributed by atoms with Crippen LogP contribution in [0.25, 0.3) is 0 Å². The molecule has 1 saturated heterocycles. The maximum absolute atomic E-state index is 13.7. The first-order valence-corrected chi connectivity index (χ1v) is 15.4. The Labute approximate surface area is 277 Å². The second kappa shape index (κ2) is 19.9. The van der Waals surface area contributed by atoms with Crippen LogP contribution in [0, 0.1) is 0 Å². The van der Waals surface area contributed by atoms with Gasteiger partial charge in [0, 0.05) is 32.9 Å². The number of primary amides is 1. The molecule has 262 valence electrons. The number of urea groups is 1. The molecule has 0 aromatic heterocycles. The number of nitrogens with zero attached hydrogens (tertiary/aromatic N) is 1. The van der Waals surface area contributed by atoms with E-state index < -0.39 is 91.0 Å². The third-order valence-corrected chi connectivity index (χ3v) is 6.91. The molecule has 2 rings (SSSR count). The standard InChI is InChI=1S/C30H43N9O9/c1-3-13-39-29(47)21(37-25(43)16-33-18(2)40)9-10-24(42)32-12-11-20(27(45)34-15-23(31)41)36-26(44)17-35-28(46)22(38-30(39)48)14-19-7-5-4-6-8-19/h4-8,20-22H,3,9-17H2,1-2H3,(H2,31,41)(H,32,42)(H,33,40)(H,34,45)(H,35,46)(H,36,44)(H,37,43)(H,38,48)/t20-,21-,22+/m0/s1. The van der Waals surface area contributed by atoms with Gasteiger partial charge in [-0.1, -0.05) is 37.3 Å². The molecule has 1 aliphatic heterocycles. The molecule has 18 nitrogen and oxygen atoms in total. The lowest BCUT2D eigenvalue weighted by atomic mass is 10.1. The molecule has 10 amide bonds. The van der Waals surface area contributed by atoms with E-state index >= 15 is 0 Å². The molecule has 1 fully saturated rings. The van der Waals surface area contributed by atoms with Gasteiger partial charge in [0.15, 0.2) is 0 Å². The van der Waals surface area contributed by atoms with Gasteiger partial charge in [0.05, 0.1) is 19.6 Å². The minimum absolute atomic E-state index is 0.0244. The van der Waals surface area contributed by atoms with Crippen LogP contribution in [0.4, 0.5) is 4.79 Å². The second-order valence-electron chi connectivity index (χ2n) is 10.9. The fourth-order valence-corrected chi connectivity index (χ4v) is 4.54. The summed E-state index contributed by atoms with van der Waals surface area (Å²) in [6.07, 6.45) is -0.387. The average molecular weight is 674 g/mol. The van der Waals surface area contributed by atoms with Crippen molar-refractivity contribution in [3.05, 3.63) is 35.9 Å². The van der Waals surface area contributed by atoms with Crippen molar-refractivity contribution < 1.29 is 43.2 Å². The Morgan fingerprint density at radius 2 is 1.62 bits per heavy atom. The molecule has 1 aromatic rings. The number of amides is 10. The van der Waals surface area contributed by atoms with Gasteiger partial charge in [-0.3, -0.25) is 43.3 Å². The zero-order chi connectivity index (χ0) is 35.6. The number of hydrogen-bond acceptors (Lipinski definition) is 9. The summed E-state index contributed by atoms with van der Waals surface area (Å²) in [7, 11) is 0. The van der Waals surface area contributed by atoms with E-state index in [-0.39, 0.29) is 38.8 Å². The number of hydrogen-bond donors (Lipinski definition) is 8. The number of rotatable bonds is 10. The van der Waals surface area contributed by atoms with Gasteiger partial charge in [0.2, 0.25) is 41.4 Å². The molecule has 0 aliphatic carbocycles. The van der Waals surface area contributed by atoms with Crippen LogP contribution >= 0.6 is 0 Å². The van der Waals surface area contributed by atoms with Gasteiger partial charge in [-0.05, 0) is 24.8 Å². The molecule has 3 atom stereocenters. The van der Waals surface area contributed by atoms with E-state index in [0.717, 1.165) is 4.90 Å². The topological polar surface area (TPSA) is 267 Å². The molecular formula is C30H43N9O9. The van der Waals surface area contributed by atoms with E-state index in [9.17, 15) is 43.2 Å². The first kappa shape index (κ1) is 38.6. The highest BCUT2D eigenvalue weighted by Crippen LogP contribution is 2.09. The maximum atomic E-state index is 13.7. The van der Waals surface area contributed by atoms with E-state index in [2.05, 4.69) is 37.2 Å². The Morgan fingerprint density at radius 1 is 0.917 bits per heavy atom. The summed E-state index contributed by atoms with van der Waals surface area (Å²) in [5, 5.41) is 17.0. The first-order valence-electron chi connectivity index (χ1n) is 15.4. The van der Waals surface area contributed by atoms with E-state index in [0.29, 0.717) is 12.0 Å². The molecule has 48 heavy (non-hydrogen) atoms. The monoisotopic (exact) mass is 673 g/mol. The quantitative estimate of drug-likeness (QED) is 0.123. The molecular weight excluding hydrogens is 630 g/mol. The number of carbonyl (C=O) groups excluding carboxylic acids is 9. The molecule has 0 bridgehead atoms. The number of nitrogens with two attached hydrogens (primary N) is 1. The Balaban J connectivity index is 2.43. The van der Waals surface area contributed by atoms with Crippen LogP contribution in [0.15, 0.2) is 30.3 Å². The lowest BCUT2D eigenvalue weighted by Gasteiger charge is -2.28. The first-order chi connectivity index (χ1) is 22.8. The van der Waals surface area contributed by atoms with Crippen molar-refractivity contribution in [2.75, 3.05) is 32.7 Å². The fraction of sp³-hybridized carbons (Fsp3) is 0.500. The van der Waals surface area contributed by atoms with Gasteiger partial charge < -0.3 is 43.0 Å². The minimum Gasteiger partial charge on any atom is -0.368 e. The highest BCUT2D eigenvalue weighted by atomic mass is 16.2. The Morgan fingerprint density at radius 3 is 2.27 bits per heavy atom. The zero-order valence-electron chi connectivity index (χ0n) is 26.9. The molecule has 9 N–H and O–H groups in total. The highest BCUT2D eigenvalue weighted by molar-refractivity contribution is 6.01. The third kappa shape index (κ3) is 13.8. The molecule has 0 unspecified atom stereocenters. The Hall–Kier alpha value is -5.55. The lowest BCUT2D eigenvalue weighted by molar-refractivity contribution is -0.135. The SMILES string of the molecule is CCCN1C(=O)N[C@H](Cc2ccccc2)C(=O)NCC(=O)N[C@H](C(=O)NCC(N)=O)CCNC(=O)CC[C@H](NC(=O)CNC(C)=O)C1=O. The van der Waals surface area contributed by atoms with Gasteiger partial charge in [-0.2, -0.15) is 0 Å². The van der Waals surface area contributed by atoms with E-state index in [1.807, 2.05) is 0 Å². The van der Waals surface area contributed by atoms with Crippen molar-refractivity contribution >= 4 is 53.3 Å². The summed E-state index contributed by atoms with van der Waals surface area (Å²) in [4.78, 5) is 115. The maximum Gasteiger partial charge on any atom is 0.324 e. The van der Waals surface area contributed by atoms with Gasteiger partial charge in [0.25, 0.3) is 5.91 Å². The summed E-state index contributed by atoms with van der Waals surface area (Å²) in [5.74, 6) is -5.81. The van der Waals surface area contributed by atoms with Crippen molar-refractivity contribution in [1.29, 1.82) is 0 Å². The second-order valence-corrected chi connectivity index (χ2v) is 10.9. The minimum atomic E-state index is -1.37. The number of imide groups is 1. The van der Waals surface area contributed by atoms with Crippen LogP contribution in [-0.4, -0.2) is 109 Å². The molecule has 1 aromatic carbocycles. The van der Waals surface area contributed by atoms with E-state index in [1.54, 1.807) is 37.3 Å². The average Bonchev–Trinajstić information content (AvgIpc) is 3.04. The Bertz CT molecular complexity index is 1360. The number of benzene rings is 1. The smallest absolute Gasteiger partial charge is 0.324 e. The third-order valence-electron chi connectivity index (χ3n) is 6.91. The van der Waals surface area contributed by atoms with Crippen LogP contribution in [0.5, 0.6) is 0 Å². The summed E-state index contributed by atoms with van der Waals surface area (Å²) in [6.45, 7) is 1.10. The Kier molecular flexibility index (Phi) is 16.0. The van der Waals surface area contributed by atoms with Crippen molar-refractivity contribution in [3.8, 4) is 0 Å². The van der Waals surface area contributed by atoms with Gasteiger partial charge in [0.1, 0.15) is 18.1 Å². The van der Waals surface area contributed by atoms with Crippen LogP contribution in [0.1, 0.15) is 45.1 Å². The van der Waals surface area contributed by atoms with Crippen molar-refractivity contribution in [3.63, 3.8) is 0 Å². The summed E-state index contributed by atoms with van der Waals surface area (Å²) in [5.41, 5.74) is 5.74. The number of carbonyl (C=O) groups is 9. The van der Waals surface area contributed by atoms with E-state index in [1.165, 1.54) is 6.92 Å². The molecule has 1 aliphatic rings. The molecule has 0 saturated carbocycles. The van der Waals surface area contributed by atoms with Crippen molar-refractivity contribution in [2.24, 2.45) is 5.73 Å². The van der Waals surface area contributed by atoms with Crippen molar-refractivity contribution in [1.82, 2.24) is 42.1 Å². The fourth-order valence-electron chi connectivity index (χ4n) is 4.54. The lowest BCUT2D eigenvalue weighted by Crippen LogP contribution is -2.58. The summed E-state index contributed by atoms with van der Waals surface area (Å²) >= 11 is 0. The molecule has 18 heteroatoms. The molecule has 0 radical (unpaired) electrons.